The summed E-state index contributed by atoms with van der Waals surface area (Å²) in [6, 6.07) is 3.94. The molecule has 2 rings (SSSR count). The molecule has 28 heavy (non-hydrogen) atoms. The Morgan fingerprint density at radius 3 is 2.11 bits per heavy atom. The molecule has 160 valence electrons. The fourth-order valence-corrected chi connectivity index (χ4v) is 3.95. The third-order valence-electron chi connectivity index (χ3n) is 5.51. The molecule has 1 aliphatic rings. The predicted octanol–water partition coefficient (Wildman–Crippen LogP) is 7.94. The minimum Gasteiger partial charge on any atom is -0.378 e. The number of alkyl halides is 4. The Morgan fingerprint density at radius 1 is 0.929 bits per heavy atom. The van der Waals surface area contributed by atoms with Gasteiger partial charge in [0.25, 0.3) is 0 Å². The van der Waals surface area contributed by atoms with E-state index >= 15 is 0 Å². The molecule has 0 saturated heterocycles. The Labute approximate surface area is 168 Å². The van der Waals surface area contributed by atoms with Gasteiger partial charge in [0.15, 0.2) is 0 Å². The second-order valence-electron chi connectivity index (χ2n) is 7.56. The van der Waals surface area contributed by atoms with Gasteiger partial charge in [-0.1, -0.05) is 44.7 Å². The maximum atomic E-state index is 14.6. The summed E-state index contributed by atoms with van der Waals surface area (Å²) in [5.41, 5.74) is -0.777. The third-order valence-corrected chi connectivity index (χ3v) is 5.96. The van der Waals surface area contributed by atoms with Gasteiger partial charge >= 0.3 is 11.8 Å². The highest BCUT2D eigenvalue weighted by Gasteiger charge is 2.61. The number of rotatable bonds is 11. The molecule has 0 heterocycles. The van der Waals surface area contributed by atoms with Crippen LogP contribution in [0.1, 0.15) is 70.3 Å². The molecule has 0 atom stereocenters. The first-order chi connectivity index (χ1) is 13.3. The molecule has 0 spiro atoms. The number of hydrogen-bond donors (Lipinski definition) is 0. The van der Waals surface area contributed by atoms with E-state index in [1.165, 1.54) is 19.3 Å². The van der Waals surface area contributed by atoms with E-state index in [-0.39, 0.29) is 36.0 Å². The van der Waals surface area contributed by atoms with Gasteiger partial charge in [-0.2, -0.15) is 21.4 Å². The van der Waals surface area contributed by atoms with E-state index in [0.29, 0.717) is 19.4 Å². The first kappa shape index (κ1) is 23.5. The lowest BCUT2D eigenvalue weighted by atomic mass is 9.79. The molecule has 1 fully saturated rings. The Bertz CT molecular complexity index is 571. The Hall–Kier alpha value is -0.820. The first-order valence-corrected chi connectivity index (χ1v) is 10.8. The van der Waals surface area contributed by atoms with Gasteiger partial charge in [0.1, 0.15) is 0 Å². The normalized spacial score (nSPS) is 21.1. The summed E-state index contributed by atoms with van der Waals surface area (Å²) in [5.74, 6) is -9.82. The monoisotopic (exact) mass is 424 g/mol. The van der Waals surface area contributed by atoms with Crippen LogP contribution in [0.4, 0.5) is 21.4 Å². The van der Waals surface area contributed by atoms with Gasteiger partial charge in [0.05, 0.1) is 18.3 Å². The molecule has 1 aromatic rings. The SMILES string of the molecule is CCCCCCCOC1CCC(C(F)(F)C(F)(F)c2ccc(SF)cc2)CC1. The highest BCUT2D eigenvalue weighted by atomic mass is 32.2. The quantitative estimate of drug-likeness (QED) is 0.263. The van der Waals surface area contributed by atoms with Crippen LogP contribution in [0.25, 0.3) is 0 Å². The van der Waals surface area contributed by atoms with Crippen molar-refractivity contribution in [2.75, 3.05) is 6.61 Å². The van der Waals surface area contributed by atoms with E-state index in [1.54, 1.807) is 0 Å². The van der Waals surface area contributed by atoms with Crippen LogP contribution in [0.2, 0.25) is 0 Å². The van der Waals surface area contributed by atoms with Crippen molar-refractivity contribution in [2.45, 2.75) is 87.6 Å². The molecule has 0 N–H and O–H groups in total. The van der Waals surface area contributed by atoms with E-state index < -0.39 is 23.3 Å². The van der Waals surface area contributed by atoms with Crippen LogP contribution in [0.3, 0.4) is 0 Å². The molecular weight excluding hydrogens is 395 g/mol. The third kappa shape index (κ3) is 5.85. The smallest absolute Gasteiger partial charge is 0.335 e. The Balaban J connectivity index is 1.85. The summed E-state index contributed by atoms with van der Waals surface area (Å²) >= 11 is -0.111. The number of halogens is 5. The zero-order valence-corrected chi connectivity index (χ0v) is 17.1. The summed E-state index contributed by atoms with van der Waals surface area (Å²) in [5, 5.41) is 0. The van der Waals surface area contributed by atoms with Crippen molar-refractivity contribution in [3.05, 3.63) is 29.8 Å². The van der Waals surface area contributed by atoms with Gasteiger partial charge in [-0.15, -0.1) is 0 Å². The Kier molecular flexibility index (Phi) is 9.06. The lowest BCUT2D eigenvalue weighted by Gasteiger charge is -2.37. The average Bonchev–Trinajstić information content (AvgIpc) is 2.71. The second kappa shape index (κ2) is 10.8. The van der Waals surface area contributed by atoms with Crippen molar-refractivity contribution in [3.63, 3.8) is 0 Å². The maximum Gasteiger partial charge on any atom is 0.335 e. The summed E-state index contributed by atoms with van der Waals surface area (Å²) in [6.45, 7) is 2.75. The second-order valence-corrected chi connectivity index (χ2v) is 8.18. The lowest BCUT2D eigenvalue weighted by molar-refractivity contribution is -0.250. The Morgan fingerprint density at radius 2 is 1.54 bits per heavy atom. The van der Waals surface area contributed by atoms with Crippen molar-refractivity contribution < 1.29 is 26.2 Å². The van der Waals surface area contributed by atoms with E-state index in [2.05, 4.69) is 6.92 Å². The standard InChI is InChI=1S/C21H29F5OS/c1-2-3-4-5-6-15-27-18-11-7-16(8-12-18)20(22,23)21(24,25)17-9-13-19(28-26)14-10-17/h9-10,13-14,16,18H,2-8,11-12,15H2,1H3. The van der Waals surface area contributed by atoms with Crippen LogP contribution in [-0.4, -0.2) is 18.6 Å². The van der Waals surface area contributed by atoms with Crippen LogP contribution < -0.4 is 0 Å². The number of unbranched alkanes of at least 4 members (excludes halogenated alkanes) is 4. The van der Waals surface area contributed by atoms with Gasteiger partial charge in [-0.3, -0.25) is 0 Å². The first-order valence-electron chi connectivity index (χ1n) is 10.1. The van der Waals surface area contributed by atoms with Crippen molar-refractivity contribution in [1.29, 1.82) is 0 Å². The molecule has 0 unspecified atom stereocenters. The largest absolute Gasteiger partial charge is 0.378 e. The number of hydrogen-bond acceptors (Lipinski definition) is 2. The van der Waals surface area contributed by atoms with E-state index in [0.717, 1.165) is 37.1 Å². The molecule has 0 aliphatic heterocycles. The van der Waals surface area contributed by atoms with Crippen LogP contribution >= 0.6 is 12.1 Å². The fraction of sp³-hybridized carbons (Fsp3) is 0.714. The highest BCUT2D eigenvalue weighted by molar-refractivity contribution is 7.94. The zero-order valence-electron chi connectivity index (χ0n) is 16.2. The molecule has 1 aliphatic carbocycles. The van der Waals surface area contributed by atoms with Crippen molar-refractivity contribution in [2.24, 2.45) is 5.92 Å². The molecular formula is C21H29F5OS. The van der Waals surface area contributed by atoms with Crippen LogP contribution in [0.5, 0.6) is 0 Å². The van der Waals surface area contributed by atoms with E-state index in [4.69, 9.17) is 4.74 Å². The fourth-order valence-electron chi connectivity index (χ4n) is 3.71. The van der Waals surface area contributed by atoms with Crippen molar-refractivity contribution in [3.8, 4) is 0 Å². The summed E-state index contributed by atoms with van der Waals surface area (Å²) in [4.78, 5) is 0.107. The molecule has 0 amide bonds. The van der Waals surface area contributed by atoms with Crippen LogP contribution in [-0.2, 0) is 10.7 Å². The summed E-state index contributed by atoms with van der Waals surface area (Å²) in [6.07, 6.45) is 6.24. The highest BCUT2D eigenvalue weighted by Crippen LogP contribution is 2.51. The topological polar surface area (TPSA) is 9.23 Å². The minimum absolute atomic E-state index is 0.0154. The van der Waals surface area contributed by atoms with Gasteiger partial charge < -0.3 is 4.74 Å². The average molecular weight is 425 g/mol. The summed E-state index contributed by atoms with van der Waals surface area (Å²) < 4.78 is 76.5. The lowest BCUT2D eigenvalue weighted by Crippen LogP contribution is -2.46. The van der Waals surface area contributed by atoms with Crippen LogP contribution in [0, 0.1) is 5.92 Å². The predicted molar refractivity (Wildman–Crippen MR) is 103 cm³/mol. The minimum atomic E-state index is -4.29. The van der Waals surface area contributed by atoms with Gasteiger partial charge in [0, 0.05) is 23.0 Å². The van der Waals surface area contributed by atoms with Gasteiger partial charge in [-0.05, 0) is 44.2 Å². The molecule has 1 nitrogen and oxygen atoms in total. The number of benzene rings is 1. The summed E-state index contributed by atoms with van der Waals surface area (Å²) in [7, 11) is 0. The molecule has 1 saturated carbocycles. The molecule has 0 bridgehead atoms. The van der Waals surface area contributed by atoms with Crippen molar-refractivity contribution in [1.82, 2.24) is 0 Å². The van der Waals surface area contributed by atoms with E-state index in [9.17, 15) is 21.4 Å². The maximum absolute atomic E-state index is 14.6. The molecule has 0 aromatic heterocycles. The van der Waals surface area contributed by atoms with Crippen molar-refractivity contribution >= 4 is 12.1 Å². The molecule has 1 aromatic carbocycles. The van der Waals surface area contributed by atoms with Gasteiger partial charge in [0.2, 0.25) is 0 Å². The molecule has 0 radical (unpaired) electrons. The van der Waals surface area contributed by atoms with Gasteiger partial charge in [-0.25, -0.2) is 0 Å². The van der Waals surface area contributed by atoms with E-state index in [1.807, 2.05) is 0 Å². The molecule has 7 heteroatoms. The van der Waals surface area contributed by atoms with Crippen LogP contribution in [0.15, 0.2) is 29.2 Å². The number of ether oxygens (including phenoxy) is 1. The zero-order chi connectivity index (χ0) is 20.6.